The maximum absolute atomic E-state index is 9.62. The van der Waals surface area contributed by atoms with Crippen molar-refractivity contribution >= 4 is 5.96 Å². The molecule has 1 aliphatic heterocycles. The first-order valence-corrected chi connectivity index (χ1v) is 10.8. The SMILES string of the molecule is CCNC(=NCc1ccc(CN2CCC(O)CC2)cc1)NCCCOCCOC. The molecule has 164 valence electrons. The van der Waals surface area contributed by atoms with Crippen LogP contribution in [0.5, 0.6) is 0 Å². The summed E-state index contributed by atoms with van der Waals surface area (Å²) in [5.41, 5.74) is 2.51. The van der Waals surface area contributed by atoms with E-state index in [1.165, 1.54) is 11.1 Å². The van der Waals surface area contributed by atoms with Gasteiger partial charge in [-0.1, -0.05) is 24.3 Å². The molecule has 1 saturated heterocycles. The molecule has 0 aliphatic carbocycles. The van der Waals surface area contributed by atoms with Gasteiger partial charge in [0.1, 0.15) is 0 Å². The number of methoxy groups -OCH3 is 1. The molecule has 0 unspecified atom stereocenters. The second-order valence-electron chi connectivity index (χ2n) is 7.40. The number of piperidine rings is 1. The third-order valence-corrected chi connectivity index (χ3v) is 4.94. The highest BCUT2D eigenvalue weighted by Gasteiger charge is 2.16. The first-order valence-electron chi connectivity index (χ1n) is 10.8. The third-order valence-electron chi connectivity index (χ3n) is 4.94. The Hall–Kier alpha value is -1.67. The van der Waals surface area contributed by atoms with Gasteiger partial charge in [-0.25, -0.2) is 4.99 Å². The first-order chi connectivity index (χ1) is 14.2. The fourth-order valence-electron chi connectivity index (χ4n) is 3.22. The van der Waals surface area contributed by atoms with Gasteiger partial charge in [0.05, 0.1) is 25.9 Å². The largest absolute Gasteiger partial charge is 0.393 e. The number of aliphatic hydroxyl groups excluding tert-OH is 1. The van der Waals surface area contributed by atoms with Crippen LogP contribution in [0.4, 0.5) is 0 Å². The highest BCUT2D eigenvalue weighted by atomic mass is 16.5. The van der Waals surface area contributed by atoms with Gasteiger partial charge in [0, 0.05) is 46.4 Å². The molecule has 1 aliphatic rings. The lowest BCUT2D eigenvalue weighted by Gasteiger charge is -2.29. The molecular weight excluding hydrogens is 368 g/mol. The Morgan fingerprint density at radius 2 is 1.83 bits per heavy atom. The number of likely N-dealkylation sites (tertiary alicyclic amines) is 1. The maximum atomic E-state index is 9.62. The van der Waals surface area contributed by atoms with Crippen molar-refractivity contribution in [1.29, 1.82) is 0 Å². The normalized spacial score (nSPS) is 16.2. The van der Waals surface area contributed by atoms with E-state index in [-0.39, 0.29) is 6.10 Å². The molecule has 0 spiro atoms. The second-order valence-corrected chi connectivity index (χ2v) is 7.40. The third kappa shape index (κ3) is 10.1. The Morgan fingerprint density at radius 1 is 1.10 bits per heavy atom. The number of aliphatic hydroxyl groups is 1. The molecule has 2 rings (SSSR count). The lowest BCUT2D eigenvalue weighted by molar-refractivity contribution is 0.0698. The van der Waals surface area contributed by atoms with Gasteiger partial charge < -0.3 is 25.2 Å². The summed E-state index contributed by atoms with van der Waals surface area (Å²) in [6.45, 7) is 9.26. The van der Waals surface area contributed by atoms with Crippen molar-refractivity contribution in [2.45, 2.75) is 45.4 Å². The number of aliphatic imine (C=N–C) groups is 1. The minimum absolute atomic E-state index is 0.116. The molecular formula is C22H38N4O3. The summed E-state index contributed by atoms with van der Waals surface area (Å²) in [6, 6.07) is 8.69. The maximum Gasteiger partial charge on any atom is 0.191 e. The fourth-order valence-corrected chi connectivity index (χ4v) is 3.22. The number of hydrogen-bond acceptors (Lipinski definition) is 5. The average molecular weight is 407 g/mol. The Labute approximate surface area is 175 Å². The summed E-state index contributed by atoms with van der Waals surface area (Å²) in [7, 11) is 1.68. The van der Waals surface area contributed by atoms with Crippen LogP contribution in [0.2, 0.25) is 0 Å². The summed E-state index contributed by atoms with van der Waals surface area (Å²) in [4.78, 5) is 7.09. The van der Waals surface area contributed by atoms with Crippen LogP contribution >= 0.6 is 0 Å². The van der Waals surface area contributed by atoms with Crippen molar-refractivity contribution in [1.82, 2.24) is 15.5 Å². The molecule has 3 N–H and O–H groups in total. The molecule has 0 aromatic heterocycles. The van der Waals surface area contributed by atoms with Crippen molar-refractivity contribution in [2.24, 2.45) is 4.99 Å². The van der Waals surface area contributed by atoms with Crippen molar-refractivity contribution in [3.63, 3.8) is 0 Å². The molecule has 1 aromatic carbocycles. The fraction of sp³-hybridized carbons (Fsp3) is 0.682. The summed E-state index contributed by atoms with van der Waals surface area (Å²) < 4.78 is 10.4. The topological polar surface area (TPSA) is 78.4 Å². The zero-order chi connectivity index (χ0) is 20.7. The van der Waals surface area contributed by atoms with Crippen LogP contribution in [0, 0.1) is 0 Å². The van der Waals surface area contributed by atoms with Crippen LogP contribution in [0.15, 0.2) is 29.3 Å². The molecule has 0 saturated carbocycles. The van der Waals surface area contributed by atoms with Crippen molar-refractivity contribution < 1.29 is 14.6 Å². The zero-order valence-corrected chi connectivity index (χ0v) is 18.0. The first kappa shape index (κ1) is 23.6. The van der Waals surface area contributed by atoms with Crippen LogP contribution in [-0.2, 0) is 22.6 Å². The van der Waals surface area contributed by atoms with Crippen molar-refractivity contribution in [2.75, 3.05) is 53.1 Å². The number of ether oxygens (including phenoxy) is 2. The van der Waals surface area contributed by atoms with E-state index >= 15 is 0 Å². The predicted octanol–water partition coefficient (Wildman–Crippen LogP) is 1.75. The minimum atomic E-state index is -0.116. The summed E-state index contributed by atoms with van der Waals surface area (Å²) in [5.74, 6) is 0.834. The van der Waals surface area contributed by atoms with Gasteiger partial charge in [0.2, 0.25) is 0 Å². The highest BCUT2D eigenvalue weighted by Crippen LogP contribution is 2.14. The number of benzene rings is 1. The monoisotopic (exact) mass is 406 g/mol. The van der Waals surface area contributed by atoms with E-state index in [4.69, 9.17) is 9.47 Å². The minimum Gasteiger partial charge on any atom is -0.393 e. The van der Waals surface area contributed by atoms with Gasteiger partial charge in [-0.15, -0.1) is 0 Å². The summed E-state index contributed by atoms with van der Waals surface area (Å²) in [6.07, 6.45) is 2.57. The molecule has 1 aromatic rings. The highest BCUT2D eigenvalue weighted by molar-refractivity contribution is 5.79. The van der Waals surface area contributed by atoms with Crippen LogP contribution in [0.25, 0.3) is 0 Å². The summed E-state index contributed by atoms with van der Waals surface area (Å²) >= 11 is 0. The Balaban J connectivity index is 1.72. The Kier molecular flexibility index (Phi) is 11.7. The van der Waals surface area contributed by atoms with E-state index in [0.717, 1.165) is 57.9 Å². The van der Waals surface area contributed by atoms with E-state index < -0.39 is 0 Å². The summed E-state index contributed by atoms with van der Waals surface area (Å²) in [5, 5.41) is 16.3. The predicted molar refractivity (Wildman–Crippen MR) is 117 cm³/mol. The molecule has 0 atom stereocenters. The van der Waals surface area contributed by atoms with Crippen LogP contribution in [0.3, 0.4) is 0 Å². The van der Waals surface area contributed by atoms with Gasteiger partial charge in [-0.2, -0.15) is 0 Å². The van der Waals surface area contributed by atoms with Crippen LogP contribution in [0.1, 0.15) is 37.3 Å². The molecule has 0 amide bonds. The van der Waals surface area contributed by atoms with E-state index in [9.17, 15) is 5.11 Å². The molecule has 7 nitrogen and oxygen atoms in total. The number of hydrogen-bond donors (Lipinski definition) is 3. The van der Waals surface area contributed by atoms with Crippen molar-refractivity contribution in [3.8, 4) is 0 Å². The molecule has 0 radical (unpaired) electrons. The molecule has 0 bridgehead atoms. The quantitative estimate of drug-likeness (QED) is 0.279. The van der Waals surface area contributed by atoms with Gasteiger partial charge >= 0.3 is 0 Å². The number of rotatable bonds is 12. The van der Waals surface area contributed by atoms with E-state index in [0.29, 0.717) is 26.4 Å². The molecule has 29 heavy (non-hydrogen) atoms. The van der Waals surface area contributed by atoms with Gasteiger partial charge in [-0.3, -0.25) is 4.90 Å². The van der Waals surface area contributed by atoms with Crippen LogP contribution in [-0.4, -0.2) is 75.2 Å². The lowest BCUT2D eigenvalue weighted by Crippen LogP contribution is -2.38. The van der Waals surface area contributed by atoms with E-state index in [2.05, 4.69) is 51.7 Å². The van der Waals surface area contributed by atoms with Crippen LogP contribution < -0.4 is 10.6 Å². The average Bonchev–Trinajstić information content (AvgIpc) is 2.74. The molecule has 1 fully saturated rings. The van der Waals surface area contributed by atoms with Gasteiger partial charge in [0.15, 0.2) is 5.96 Å². The Bertz CT molecular complexity index is 572. The number of nitrogens with zero attached hydrogens (tertiary/aromatic N) is 2. The van der Waals surface area contributed by atoms with Gasteiger partial charge in [-0.05, 0) is 37.3 Å². The molecule has 7 heteroatoms. The molecule has 1 heterocycles. The Morgan fingerprint density at radius 3 is 2.52 bits per heavy atom. The number of guanidine groups is 1. The lowest BCUT2D eigenvalue weighted by atomic mass is 10.1. The van der Waals surface area contributed by atoms with Crippen molar-refractivity contribution in [3.05, 3.63) is 35.4 Å². The van der Waals surface area contributed by atoms with Gasteiger partial charge in [0.25, 0.3) is 0 Å². The zero-order valence-electron chi connectivity index (χ0n) is 18.0. The smallest absolute Gasteiger partial charge is 0.191 e. The standard InChI is InChI=1S/C22H38N4O3/c1-3-23-22(24-11-4-14-29-16-15-28-2)25-17-19-5-7-20(8-6-19)18-26-12-9-21(27)10-13-26/h5-8,21,27H,3-4,9-18H2,1-2H3,(H2,23,24,25). The second kappa shape index (κ2) is 14.3. The number of nitrogens with one attached hydrogen (secondary N) is 2. The van der Waals surface area contributed by atoms with E-state index in [1.807, 2.05) is 0 Å². The van der Waals surface area contributed by atoms with E-state index in [1.54, 1.807) is 7.11 Å².